The maximum absolute atomic E-state index is 10.3. The van der Waals surface area contributed by atoms with Gasteiger partial charge in [0.25, 0.3) is 0 Å². The fraction of sp³-hybridized carbons (Fsp3) is 0.0600. The number of furan rings is 1. The zero-order valence-corrected chi connectivity index (χ0v) is 32.7. The Morgan fingerprint density at radius 2 is 1.39 bits per heavy atom. The Labute approximate surface area is 330 Å². The second-order valence-corrected chi connectivity index (χ2v) is 20.5. The maximum Gasteiger partial charge on any atom is 0.145 e. The van der Waals surface area contributed by atoms with Crippen molar-refractivity contribution in [1.29, 1.82) is 5.26 Å². The van der Waals surface area contributed by atoms with E-state index in [4.69, 9.17) is 14.1 Å². The average Bonchev–Trinajstić information content (AvgIpc) is 3.79. The van der Waals surface area contributed by atoms with Crippen molar-refractivity contribution in [2.75, 3.05) is 0 Å². The van der Waals surface area contributed by atoms with Gasteiger partial charge in [-0.05, 0) is 78.4 Å². The third-order valence-corrected chi connectivity index (χ3v) is 12.8. The molecule has 4 aromatic heterocycles. The van der Waals surface area contributed by atoms with Crippen molar-refractivity contribution < 1.29 is 9.15 Å². The van der Waals surface area contributed by atoms with Crippen LogP contribution in [0.3, 0.4) is 0 Å². The third-order valence-electron chi connectivity index (χ3n) is 10.8. The van der Waals surface area contributed by atoms with Crippen LogP contribution in [0.5, 0.6) is 11.5 Å². The topological polar surface area (TPSA) is 76.9 Å². The van der Waals surface area contributed by atoms with Gasteiger partial charge in [0.15, 0.2) is 0 Å². The zero-order chi connectivity index (χ0) is 38.7. The van der Waals surface area contributed by atoms with Crippen molar-refractivity contribution in [3.8, 4) is 56.9 Å². The molecule has 0 aliphatic carbocycles. The van der Waals surface area contributed by atoms with Crippen LogP contribution in [-0.2, 0) is 0 Å². The van der Waals surface area contributed by atoms with E-state index < -0.39 is 8.07 Å². The summed E-state index contributed by atoms with van der Waals surface area (Å²) in [5, 5.41) is 15.6. The van der Waals surface area contributed by atoms with Crippen molar-refractivity contribution in [3.05, 3.63) is 170 Å². The average molecular weight is 753 g/mol. The Kier molecular flexibility index (Phi) is 8.10. The third kappa shape index (κ3) is 5.95. The van der Waals surface area contributed by atoms with Gasteiger partial charge in [0, 0.05) is 56.3 Å². The van der Waals surface area contributed by atoms with Gasteiger partial charge in [0.2, 0.25) is 0 Å². The highest BCUT2D eigenvalue weighted by Gasteiger charge is 2.23. The number of nitrogens with zero attached hydrogens (tertiary/aromatic N) is 4. The van der Waals surface area contributed by atoms with Crippen LogP contribution in [0.25, 0.3) is 83.1 Å². The summed E-state index contributed by atoms with van der Waals surface area (Å²) in [6.45, 7) is 7.12. The van der Waals surface area contributed by atoms with Crippen molar-refractivity contribution >= 4 is 57.0 Å². The van der Waals surface area contributed by atoms with E-state index in [-0.39, 0.29) is 0 Å². The summed E-state index contributed by atoms with van der Waals surface area (Å²) in [7, 11) is -1.49. The quantitative estimate of drug-likeness (QED) is 0.152. The van der Waals surface area contributed by atoms with E-state index in [0.29, 0.717) is 28.2 Å². The first-order valence-corrected chi connectivity index (χ1v) is 22.5. The Morgan fingerprint density at radius 3 is 2.18 bits per heavy atom. The van der Waals surface area contributed by atoms with Gasteiger partial charge in [0.1, 0.15) is 22.7 Å². The minimum absolute atomic E-state index is 0.543. The fourth-order valence-electron chi connectivity index (χ4n) is 7.94. The first-order valence-electron chi connectivity index (χ1n) is 19.0. The molecule has 0 atom stereocenters. The Balaban J connectivity index is 1.21. The molecule has 0 aliphatic rings. The predicted octanol–water partition coefficient (Wildman–Crippen LogP) is 12.7. The summed E-state index contributed by atoms with van der Waals surface area (Å²) in [5.41, 5.74) is 10.1. The van der Waals surface area contributed by atoms with Crippen LogP contribution in [0.15, 0.2) is 168 Å². The molecule has 10 aromatic rings. The maximum atomic E-state index is 10.3. The number of para-hydroxylation sites is 1. The normalized spacial score (nSPS) is 11.8. The fourth-order valence-corrected chi connectivity index (χ4v) is 9.10. The van der Waals surface area contributed by atoms with Crippen LogP contribution in [0.2, 0.25) is 19.6 Å². The van der Waals surface area contributed by atoms with Crippen molar-refractivity contribution in [2.45, 2.75) is 19.6 Å². The SMILES string of the molecule is C[Si](C)(C)c1ccc(-n2c3ccccc3c3cnc(-c4cc(Oc5cccc(-c6ccccn6)c5)cc5c4oc4c(-c6ccccc6)c(C#N)ccc45)cc32)cc1. The molecule has 0 unspecified atom stereocenters. The molecular formula is C50H36N4O2Si. The Bertz CT molecular complexity index is 3190. The summed E-state index contributed by atoms with van der Waals surface area (Å²) >= 11 is 0. The lowest BCUT2D eigenvalue weighted by Gasteiger charge is -2.17. The van der Waals surface area contributed by atoms with Gasteiger partial charge in [-0.2, -0.15) is 5.26 Å². The van der Waals surface area contributed by atoms with Crippen LogP contribution in [0.4, 0.5) is 0 Å². The molecule has 10 rings (SSSR count). The molecular weight excluding hydrogens is 717 g/mol. The number of rotatable bonds is 7. The highest BCUT2D eigenvalue weighted by Crippen LogP contribution is 2.44. The van der Waals surface area contributed by atoms with Gasteiger partial charge in [-0.1, -0.05) is 104 Å². The van der Waals surface area contributed by atoms with E-state index in [0.717, 1.165) is 71.9 Å². The number of fused-ring (bicyclic) bond motifs is 6. The number of ether oxygens (including phenoxy) is 1. The van der Waals surface area contributed by atoms with Gasteiger partial charge >= 0.3 is 0 Å². The first-order chi connectivity index (χ1) is 27.8. The van der Waals surface area contributed by atoms with E-state index in [2.05, 4.69) is 89.9 Å². The minimum atomic E-state index is -1.49. The van der Waals surface area contributed by atoms with Crippen LogP contribution in [0.1, 0.15) is 5.56 Å². The molecule has 7 heteroatoms. The van der Waals surface area contributed by atoms with Gasteiger partial charge in [-0.25, -0.2) is 0 Å². The van der Waals surface area contributed by atoms with Gasteiger partial charge in [0.05, 0.1) is 42.1 Å². The lowest BCUT2D eigenvalue weighted by atomic mass is 9.97. The molecule has 0 radical (unpaired) electrons. The number of benzene rings is 6. The highest BCUT2D eigenvalue weighted by atomic mass is 28.3. The Hall–Kier alpha value is -7.27. The second kappa shape index (κ2) is 13.5. The second-order valence-electron chi connectivity index (χ2n) is 15.4. The van der Waals surface area contributed by atoms with Crippen LogP contribution >= 0.6 is 0 Å². The smallest absolute Gasteiger partial charge is 0.145 e. The van der Waals surface area contributed by atoms with Gasteiger partial charge in [-0.15, -0.1) is 0 Å². The Morgan fingerprint density at radius 1 is 0.596 bits per heavy atom. The number of hydrogen-bond donors (Lipinski definition) is 0. The van der Waals surface area contributed by atoms with E-state index in [9.17, 15) is 5.26 Å². The number of hydrogen-bond acceptors (Lipinski definition) is 5. The van der Waals surface area contributed by atoms with Gasteiger partial charge in [-0.3, -0.25) is 9.97 Å². The molecule has 6 aromatic carbocycles. The summed E-state index contributed by atoms with van der Waals surface area (Å²) < 4.78 is 16.0. The van der Waals surface area contributed by atoms with E-state index in [1.807, 2.05) is 103 Å². The standard InChI is InChI=1S/C50H36N4O2Si/c1-57(2,3)38-22-20-35(21-23-38)54-46-18-8-7-16-39(46)43-31-53-45(29-47(43)54)42-28-37(55-36-15-11-14-33(26-36)44-17-9-10-25-52-44)27-41-40-24-19-34(30-51)48(50(40)56-49(41)42)32-12-5-4-6-13-32/h4-29,31H,1-3H3. The molecule has 6 nitrogen and oxygen atoms in total. The molecule has 0 aliphatic heterocycles. The van der Waals surface area contributed by atoms with E-state index in [1.165, 1.54) is 5.19 Å². The molecule has 0 N–H and O–H groups in total. The van der Waals surface area contributed by atoms with E-state index in [1.54, 1.807) is 6.20 Å². The molecule has 57 heavy (non-hydrogen) atoms. The van der Waals surface area contributed by atoms with Gasteiger partial charge < -0.3 is 13.7 Å². The lowest BCUT2D eigenvalue weighted by molar-refractivity contribution is 0.483. The highest BCUT2D eigenvalue weighted by molar-refractivity contribution is 6.88. The summed E-state index contributed by atoms with van der Waals surface area (Å²) in [5.74, 6) is 1.31. The monoisotopic (exact) mass is 752 g/mol. The molecule has 272 valence electrons. The van der Waals surface area contributed by atoms with Crippen molar-refractivity contribution in [1.82, 2.24) is 14.5 Å². The van der Waals surface area contributed by atoms with Crippen molar-refractivity contribution in [2.24, 2.45) is 0 Å². The number of nitriles is 1. The summed E-state index contributed by atoms with van der Waals surface area (Å²) in [4.78, 5) is 9.68. The molecule has 0 spiro atoms. The van der Waals surface area contributed by atoms with Crippen LogP contribution in [-0.4, -0.2) is 22.6 Å². The molecule has 0 amide bonds. The van der Waals surface area contributed by atoms with Crippen LogP contribution < -0.4 is 9.92 Å². The number of pyridine rings is 2. The molecule has 4 heterocycles. The molecule has 0 saturated carbocycles. The lowest BCUT2D eigenvalue weighted by Crippen LogP contribution is -2.37. The molecule has 0 saturated heterocycles. The van der Waals surface area contributed by atoms with E-state index >= 15 is 0 Å². The minimum Gasteiger partial charge on any atom is -0.457 e. The predicted molar refractivity (Wildman–Crippen MR) is 234 cm³/mol. The van der Waals surface area contributed by atoms with Crippen molar-refractivity contribution in [3.63, 3.8) is 0 Å². The molecule has 0 bridgehead atoms. The summed E-state index contributed by atoms with van der Waals surface area (Å²) in [6, 6.07) is 53.8. The largest absolute Gasteiger partial charge is 0.457 e. The summed E-state index contributed by atoms with van der Waals surface area (Å²) in [6.07, 6.45) is 3.77. The molecule has 0 fully saturated rings. The van der Waals surface area contributed by atoms with Crippen LogP contribution in [0, 0.1) is 11.3 Å². The first kappa shape index (κ1) is 34.2. The number of aromatic nitrogens is 3. The zero-order valence-electron chi connectivity index (χ0n) is 31.7.